The van der Waals surface area contributed by atoms with E-state index in [0.29, 0.717) is 57.3 Å². The molecule has 232 valence electrons. The molecule has 1 aromatic carbocycles. The number of carbonyl (C=O) groups excluding carboxylic acids is 1. The summed E-state index contributed by atoms with van der Waals surface area (Å²) in [6, 6.07) is 11.6. The quantitative estimate of drug-likeness (QED) is 0.386. The summed E-state index contributed by atoms with van der Waals surface area (Å²) < 4.78 is 33.1. The van der Waals surface area contributed by atoms with Crippen molar-refractivity contribution in [1.82, 2.24) is 29.0 Å². The Kier molecular flexibility index (Phi) is 9.20. The van der Waals surface area contributed by atoms with Crippen molar-refractivity contribution in [2.75, 3.05) is 79.0 Å². The lowest BCUT2D eigenvalue weighted by Gasteiger charge is -2.35. The van der Waals surface area contributed by atoms with Gasteiger partial charge in [-0.25, -0.2) is 22.5 Å². The SMILES string of the molecule is CCS(=O)(=O)N1CCCN(c2cc(-n3nc(Nc4ccc(N5CCN(C(=O)OC(C)C)CC5)cc4)nc3N)ccn2)CC1. The van der Waals surface area contributed by atoms with Gasteiger partial charge in [-0.15, -0.1) is 5.10 Å². The molecule has 2 saturated heterocycles. The summed E-state index contributed by atoms with van der Waals surface area (Å²) in [5, 5.41) is 7.79. The highest BCUT2D eigenvalue weighted by Gasteiger charge is 2.25. The number of hydrogen-bond acceptors (Lipinski definition) is 11. The van der Waals surface area contributed by atoms with Crippen molar-refractivity contribution < 1.29 is 17.9 Å². The van der Waals surface area contributed by atoms with Crippen molar-refractivity contribution in [2.24, 2.45) is 0 Å². The van der Waals surface area contributed by atoms with E-state index in [9.17, 15) is 13.2 Å². The Morgan fingerprint density at radius 3 is 2.40 bits per heavy atom. The molecule has 0 spiro atoms. The Balaban J connectivity index is 1.20. The molecule has 2 fully saturated rings. The normalized spacial score (nSPS) is 16.8. The van der Waals surface area contributed by atoms with Crippen LogP contribution in [0.5, 0.6) is 0 Å². The van der Waals surface area contributed by atoms with E-state index in [2.05, 4.69) is 30.2 Å². The fourth-order valence-corrected chi connectivity index (χ4v) is 6.30. The van der Waals surface area contributed by atoms with E-state index in [-0.39, 0.29) is 23.9 Å². The maximum atomic E-state index is 12.3. The smallest absolute Gasteiger partial charge is 0.410 e. The van der Waals surface area contributed by atoms with Gasteiger partial charge in [-0.05, 0) is 57.5 Å². The first-order valence-electron chi connectivity index (χ1n) is 14.6. The van der Waals surface area contributed by atoms with Crippen LogP contribution in [0.1, 0.15) is 27.2 Å². The number of sulfonamides is 1. The first-order valence-corrected chi connectivity index (χ1v) is 16.2. The largest absolute Gasteiger partial charge is 0.447 e. The second-order valence-electron chi connectivity index (χ2n) is 10.8. The lowest BCUT2D eigenvalue weighted by atomic mass is 10.2. The lowest BCUT2D eigenvalue weighted by molar-refractivity contribution is 0.0751. The molecule has 3 aromatic rings. The number of hydrogen-bond donors (Lipinski definition) is 2. The Morgan fingerprint density at radius 1 is 0.977 bits per heavy atom. The third kappa shape index (κ3) is 7.28. The molecule has 2 aromatic heterocycles. The molecule has 5 rings (SSSR count). The molecule has 3 N–H and O–H groups in total. The fourth-order valence-electron chi connectivity index (χ4n) is 5.17. The van der Waals surface area contributed by atoms with E-state index in [1.807, 2.05) is 44.2 Å². The predicted octanol–water partition coefficient (Wildman–Crippen LogP) is 2.52. The number of nitrogen functional groups attached to an aromatic ring is 1. The van der Waals surface area contributed by atoms with Crippen LogP contribution in [0.3, 0.4) is 0 Å². The van der Waals surface area contributed by atoms with Gasteiger partial charge < -0.3 is 30.5 Å². The highest BCUT2D eigenvalue weighted by molar-refractivity contribution is 7.89. The zero-order chi connectivity index (χ0) is 30.6. The summed E-state index contributed by atoms with van der Waals surface area (Å²) in [7, 11) is -3.23. The molecule has 0 saturated carbocycles. The van der Waals surface area contributed by atoms with E-state index < -0.39 is 10.0 Å². The van der Waals surface area contributed by atoms with Crippen molar-refractivity contribution in [3.05, 3.63) is 42.6 Å². The van der Waals surface area contributed by atoms with Gasteiger partial charge in [-0.1, -0.05) is 0 Å². The number of benzene rings is 1. The molecule has 0 bridgehead atoms. The summed E-state index contributed by atoms with van der Waals surface area (Å²) >= 11 is 0. The van der Waals surface area contributed by atoms with Gasteiger partial charge in [-0.3, -0.25) is 0 Å². The minimum absolute atomic E-state index is 0.0994. The highest BCUT2D eigenvalue weighted by atomic mass is 32.2. The van der Waals surface area contributed by atoms with Gasteiger partial charge in [0.05, 0.1) is 17.5 Å². The van der Waals surface area contributed by atoms with Gasteiger partial charge in [-0.2, -0.15) is 9.67 Å². The molecule has 2 aliphatic rings. The number of pyridine rings is 1. The zero-order valence-corrected chi connectivity index (χ0v) is 25.7. The van der Waals surface area contributed by atoms with E-state index in [0.717, 1.165) is 30.3 Å². The third-order valence-corrected chi connectivity index (χ3v) is 9.39. The van der Waals surface area contributed by atoms with Crippen LogP contribution in [0, 0.1) is 0 Å². The summed E-state index contributed by atoms with van der Waals surface area (Å²) in [5.41, 5.74) is 8.82. The van der Waals surface area contributed by atoms with Crippen LogP contribution in [0.25, 0.3) is 5.69 Å². The summed E-state index contributed by atoms with van der Waals surface area (Å²) in [4.78, 5) is 27.1. The number of anilines is 5. The van der Waals surface area contributed by atoms with Crippen molar-refractivity contribution in [3.8, 4) is 5.69 Å². The Labute approximate surface area is 252 Å². The first-order chi connectivity index (χ1) is 20.6. The van der Waals surface area contributed by atoms with Crippen LogP contribution in [0.4, 0.5) is 33.9 Å². The molecule has 2 aliphatic heterocycles. The van der Waals surface area contributed by atoms with Gasteiger partial charge in [0.1, 0.15) is 5.82 Å². The molecular formula is C28H40N10O4S. The molecule has 0 unspecified atom stereocenters. The van der Waals surface area contributed by atoms with Crippen LogP contribution in [-0.2, 0) is 14.8 Å². The van der Waals surface area contributed by atoms with Crippen LogP contribution < -0.4 is 20.9 Å². The van der Waals surface area contributed by atoms with Crippen molar-refractivity contribution in [3.63, 3.8) is 0 Å². The summed E-state index contributed by atoms with van der Waals surface area (Å²) in [6.45, 7) is 10.2. The summed E-state index contributed by atoms with van der Waals surface area (Å²) in [5.74, 6) is 1.41. The highest BCUT2D eigenvalue weighted by Crippen LogP contribution is 2.24. The average molecular weight is 613 g/mol. The molecule has 1 amide bonds. The number of amides is 1. The average Bonchev–Trinajstić information content (AvgIpc) is 3.19. The number of nitrogens with zero attached hydrogens (tertiary/aromatic N) is 8. The number of piperazine rings is 1. The van der Waals surface area contributed by atoms with Crippen LogP contribution in [0.2, 0.25) is 0 Å². The molecule has 4 heterocycles. The molecule has 43 heavy (non-hydrogen) atoms. The Hall–Kier alpha value is -4.11. The molecular weight excluding hydrogens is 572 g/mol. The lowest BCUT2D eigenvalue weighted by Crippen LogP contribution is -2.49. The number of nitrogens with one attached hydrogen (secondary N) is 1. The number of carbonyl (C=O) groups is 1. The predicted molar refractivity (Wildman–Crippen MR) is 167 cm³/mol. The van der Waals surface area contributed by atoms with Gasteiger partial charge >= 0.3 is 6.09 Å². The Morgan fingerprint density at radius 2 is 1.70 bits per heavy atom. The van der Waals surface area contributed by atoms with Crippen LogP contribution in [0.15, 0.2) is 42.6 Å². The van der Waals surface area contributed by atoms with Crippen molar-refractivity contribution in [1.29, 1.82) is 0 Å². The summed E-state index contributed by atoms with van der Waals surface area (Å²) in [6.07, 6.45) is 2.01. The van der Waals surface area contributed by atoms with E-state index in [1.165, 1.54) is 0 Å². The molecule has 15 heteroatoms. The number of aromatic nitrogens is 4. The number of nitrogens with two attached hydrogens (primary N) is 1. The zero-order valence-electron chi connectivity index (χ0n) is 24.9. The maximum absolute atomic E-state index is 12.3. The monoisotopic (exact) mass is 612 g/mol. The first kappa shape index (κ1) is 30.4. The number of ether oxygens (including phenoxy) is 1. The minimum atomic E-state index is -3.23. The van der Waals surface area contributed by atoms with E-state index >= 15 is 0 Å². The van der Waals surface area contributed by atoms with Crippen molar-refractivity contribution in [2.45, 2.75) is 33.3 Å². The van der Waals surface area contributed by atoms with Gasteiger partial charge in [0.15, 0.2) is 0 Å². The second-order valence-corrected chi connectivity index (χ2v) is 13.1. The second kappa shape index (κ2) is 13.0. The molecule has 0 radical (unpaired) electrons. The van der Waals surface area contributed by atoms with E-state index in [1.54, 1.807) is 33.1 Å². The molecule has 0 atom stereocenters. The fraction of sp³-hybridized carbons (Fsp3) is 0.500. The number of rotatable bonds is 8. The topological polar surface area (TPSA) is 155 Å². The van der Waals surface area contributed by atoms with E-state index in [4.69, 9.17) is 10.5 Å². The standard InChI is InChI=1S/C28H40N10O4S/c1-4-43(40,41)37-13-5-12-35(18-19-37)25-20-24(10-11-30-25)38-26(29)32-27(33-38)31-22-6-8-23(9-7-22)34-14-16-36(17-15-34)28(39)42-21(2)3/h6-11,20-21H,4-5,12-19H2,1-3H3,(H3,29,31,32,33). The molecule has 14 nitrogen and oxygen atoms in total. The van der Waals surface area contributed by atoms with Gasteiger partial charge in [0.25, 0.3) is 0 Å². The maximum Gasteiger partial charge on any atom is 0.410 e. The van der Waals surface area contributed by atoms with Crippen LogP contribution >= 0.6 is 0 Å². The third-order valence-electron chi connectivity index (χ3n) is 7.51. The van der Waals surface area contributed by atoms with Crippen LogP contribution in [-0.4, -0.2) is 108 Å². The van der Waals surface area contributed by atoms with Gasteiger partial charge in [0.2, 0.25) is 21.9 Å². The molecule has 0 aliphatic carbocycles. The van der Waals surface area contributed by atoms with Gasteiger partial charge in [0, 0.05) is 76.0 Å². The Bertz CT molecular complexity index is 1500. The minimum Gasteiger partial charge on any atom is -0.447 e. The van der Waals surface area contributed by atoms with Crippen molar-refractivity contribution >= 4 is 45.2 Å².